The van der Waals surface area contributed by atoms with E-state index < -0.39 is 4.92 Å². The number of hydrogen-bond donors (Lipinski definition) is 0. The van der Waals surface area contributed by atoms with Crippen molar-refractivity contribution in [1.82, 2.24) is 0 Å². The van der Waals surface area contributed by atoms with Crippen LogP contribution in [-0.2, 0) is 0 Å². The topological polar surface area (TPSA) is 89.3 Å². The van der Waals surface area contributed by atoms with Crippen LogP contribution in [0.4, 0.5) is 5.69 Å². The number of furan rings is 1. The van der Waals surface area contributed by atoms with Crippen LogP contribution in [0, 0.1) is 21.4 Å². The molecule has 0 saturated carbocycles. The summed E-state index contributed by atoms with van der Waals surface area (Å²) in [5.41, 5.74) is 1.64. The molecule has 0 fully saturated rings. The number of nitro groups is 1. The van der Waals surface area contributed by atoms with Gasteiger partial charge in [-0.3, -0.25) is 10.1 Å². The quantitative estimate of drug-likeness (QED) is 0.327. The molecule has 0 bridgehead atoms. The molecule has 27 heavy (non-hydrogen) atoms. The Labute approximate surface area is 160 Å². The summed E-state index contributed by atoms with van der Waals surface area (Å²) in [7, 11) is 1.43. The molecule has 2 aromatic carbocycles. The van der Waals surface area contributed by atoms with Crippen molar-refractivity contribution in [2.75, 3.05) is 7.11 Å². The molecule has 0 spiro atoms. The SMILES string of the molecule is COc1cc([N+](=O)[O-])ccc1-c1ccc(/C=C(\C#N)c2ccc(Cl)cc2)o1. The van der Waals surface area contributed by atoms with Crippen LogP contribution in [0.3, 0.4) is 0 Å². The van der Waals surface area contributed by atoms with Gasteiger partial charge in [-0.05, 0) is 42.0 Å². The maximum atomic E-state index is 10.9. The van der Waals surface area contributed by atoms with Gasteiger partial charge in [0.25, 0.3) is 5.69 Å². The van der Waals surface area contributed by atoms with Crippen LogP contribution in [0.25, 0.3) is 23.0 Å². The van der Waals surface area contributed by atoms with E-state index in [1.165, 1.54) is 19.2 Å². The number of rotatable bonds is 5. The molecule has 0 aliphatic heterocycles. The highest BCUT2D eigenvalue weighted by Crippen LogP contribution is 2.34. The number of hydrogen-bond acceptors (Lipinski definition) is 5. The normalized spacial score (nSPS) is 11.1. The average molecular weight is 381 g/mol. The Morgan fingerprint density at radius 3 is 2.59 bits per heavy atom. The van der Waals surface area contributed by atoms with Gasteiger partial charge >= 0.3 is 0 Å². The molecule has 0 atom stereocenters. The van der Waals surface area contributed by atoms with Gasteiger partial charge in [-0.1, -0.05) is 23.7 Å². The van der Waals surface area contributed by atoms with Gasteiger partial charge in [-0.2, -0.15) is 5.26 Å². The van der Waals surface area contributed by atoms with Crippen molar-refractivity contribution >= 4 is 28.9 Å². The summed E-state index contributed by atoms with van der Waals surface area (Å²) in [6.07, 6.45) is 1.62. The van der Waals surface area contributed by atoms with Crippen molar-refractivity contribution in [3.63, 3.8) is 0 Å². The summed E-state index contributed by atoms with van der Waals surface area (Å²) in [5.74, 6) is 1.27. The van der Waals surface area contributed by atoms with Crippen molar-refractivity contribution in [2.45, 2.75) is 0 Å². The highest BCUT2D eigenvalue weighted by Gasteiger charge is 2.15. The number of non-ortho nitro benzene ring substituents is 1. The van der Waals surface area contributed by atoms with Gasteiger partial charge in [0.15, 0.2) is 0 Å². The van der Waals surface area contributed by atoms with E-state index in [9.17, 15) is 15.4 Å². The zero-order valence-corrected chi connectivity index (χ0v) is 14.9. The predicted octanol–water partition coefficient (Wildman–Crippen LogP) is 5.58. The largest absolute Gasteiger partial charge is 0.496 e. The maximum Gasteiger partial charge on any atom is 0.273 e. The first-order valence-corrected chi connectivity index (χ1v) is 8.20. The third-order valence-electron chi connectivity index (χ3n) is 3.85. The van der Waals surface area contributed by atoms with Crippen molar-refractivity contribution in [2.24, 2.45) is 0 Å². The molecular weight excluding hydrogens is 368 g/mol. The van der Waals surface area contributed by atoms with Crippen LogP contribution >= 0.6 is 11.6 Å². The van der Waals surface area contributed by atoms with Gasteiger partial charge in [0.05, 0.1) is 35.3 Å². The van der Waals surface area contributed by atoms with Crippen molar-refractivity contribution in [1.29, 1.82) is 5.26 Å². The molecule has 7 heteroatoms. The van der Waals surface area contributed by atoms with Gasteiger partial charge in [0.2, 0.25) is 0 Å². The fraction of sp³-hybridized carbons (Fsp3) is 0.0500. The lowest BCUT2D eigenvalue weighted by atomic mass is 10.1. The standard InChI is InChI=1S/C20H13ClN2O4/c1-26-20-11-16(23(24)25)6-8-18(20)19-9-7-17(27-19)10-14(12-22)13-2-4-15(21)5-3-13/h2-11H,1H3/b14-10+. The van der Waals surface area contributed by atoms with E-state index in [1.54, 1.807) is 48.5 Å². The predicted molar refractivity (Wildman–Crippen MR) is 102 cm³/mol. The molecule has 0 aliphatic rings. The molecular formula is C20H13ClN2O4. The van der Waals surface area contributed by atoms with Gasteiger partial charge in [0.1, 0.15) is 17.3 Å². The minimum absolute atomic E-state index is 0.0724. The summed E-state index contributed by atoms with van der Waals surface area (Å²) in [5, 5.41) is 20.9. The number of nitrogens with zero attached hydrogens (tertiary/aromatic N) is 2. The Morgan fingerprint density at radius 2 is 1.96 bits per heavy atom. The number of benzene rings is 2. The fourth-order valence-corrected chi connectivity index (χ4v) is 2.65. The van der Waals surface area contributed by atoms with E-state index in [4.69, 9.17) is 20.8 Å². The highest BCUT2D eigenvalue weighted by atomic mass is 35.5. The van der Waals surface area contributed by atoms with Gasteiger partial charge in [-0.15, -0.1) is 0 Å². The Kier molecular flexibility index (Phi) is 5.25. The van der Waals surface area contributed by atoms with E-state index in [1.807, 2.05) is 0 Å². The first kappa shape index (κ1) is 18.2. The van der Waals surface area contributed by atoms with Crippen LogP contribution in [0.2, 0.25) is 5.02 Å². The van der Waals surface area contributed by atoms with Crippen molar-refractivity contribution < 1.29 is 14.1 Å². The second-order valence-electron chi connectivity index (χ2n) is 5.52. The van der Waals surface area contributed by atoms with E-state index in [2.05, 4.69) is 6.07 Å². The average Bonchev–Trinajstić information content (AvgIpc) is 3.14. The minimum atomic E-state index is -0.492. The molecule has 0 N–H and O–H groups in total. The Balaban J connectivity index is 1.96. The number of methoxy groups -OCH3 is 1. The monoisotopic (exact) mass is 380 g/mol. The molecule has 1 aromatic heterocycles. The summed E-state index contributed by atoms with van der Waals surface area (Å²) in [4.78, 5) is 10.4. The van der Waals surface area contributed by atoms with Crippen molar-refractivity contribution in [3.05, 3.63) is 81.1 Å². The first-order valence-electron chi connectivity index (χ1n) is 7.82. The van der Waals surface area contributed by atoms with Crippen LogP contribution in [-0.4, -0.2) is 12.0 Å². The number of allylic oxidation sites excluding steroid dienone is 1. The maximum absolute atomic E-state index is 10.9. The second-order valence-corrected chi connectivity index (χ2v) is 5.96. The molecule has 0 aliphatic carbocycles. The lowest BCUT2D eigenvalue weighted by molar-refractivity contribution is -0.384. The number of ether oxygens (including phenoxy) is 1. The molecule has 3 rings (SSSR count). The lowest BCUT2D eigenvalue weighted by Gasteiger charge is -2.05. The minimum Gasteiger partial charge on any atom is -0.496 e. The molecule has 0 amide bonds. The van der Waals surface area contributed by atoms with Crippen LogP contribution in [0.5, 0.6) is 5.75 Å². The third kappa shape index (κ3) is 4.00. The Bertz CT molecular complexity index is 1060. The third-order valence-corrected chi connectivity index (χ3v) is 4.10. The van der Waals surface area contributed by atoms with E-state index >= 15 is 0 Å². The number of nitriles is 1. The van der Waals surface area contributed by atoms with Crippen LogP contribution in [0.1, 0.15) is 11.3 Å². The zero-order valence-electron chi connectivity index (χ0n) is 14.2. The smallest absolute Gasteiger partial charge is 0.273 e. The van der Waals surface area contributed by atoms with Crippen molar-refractivity contribution in [3.8, 4) is 23.1 Å². The molecule has 3 aromatic rings. The summed E-state index contributed by atoms with van der Waals surface area (Å²) < 4.78 is 11.0. The molecule has 6 nitrogen and oxygen atoms in total. The van der Waals surface area contributed by atoms with E-state index in [0.29, 0.717) is 39.0 Å². The molecule has 0 unspecified atom stereocenters. The molecule has 1 heterocycles. The molecule has 0 radical (unpaired) electrons. The fourth-order valence-electron chi connectivity index (χ4n) is 2.52. The molecule has 134 valence electrons. The number of halogens is 1. The van der Waals surface area contributed by atoms with Gasteiger partial charge in [-0.25, -0.2) is 0 Å². The first-order chi connectivity index (χ1) is 13.0. The van der Waals surface area contributed by atoms with E-state index in [0.717, 1.165) is 0 Å². The number of nitro benzene ring substituents is 1. The highest BCUT2D eigenvalue weighted by molar-refractivity contribution is 6.30. The zero-order chi connectivity index (χ0) is 19.4. The van der Waals surface area contributed by atoms with Gasteiger partial charge in [0, 0.05) is 11.1 Å². The summed E-state index contributed by atoms with van der Waals surface area (Å²) in [6, 6.07) is 16.8. The Hall–Kier alpha value is -3.56. The van der Waals surface area contributed by atoms with Gasteiger partial charge < -0.3 is 9.15 Å². The van der Waals surface area contributed by atoms with E-state index in [-0.39, 0.29) is 5.69 Å². The Morgan fingerprint density at radius 1 is 1.22 bits per heavy atom. The molecule has 0 saturated heterocycles. The summed E-state index contributed by atoms with van der Waals surface area (Å²) in [6.45, 7) is 0. The van der Waals surface area contributed by atoms with Crippen LogP contribution in [0.15, 0.2) is 59.0 Å². The second kappa shape index (κ2) is 7.77. The summed E-state index contributed by atoms with van der Waals surface area (Å²) >= 11 is 5.88. The van der Waals surface area contributed by atoms with Crippen LogP contribution < -0.4 is 4.74 Å². The lowest BCUT2D eigenvalue weighted by Crippen LogP contribution is -1.92.